The molecule has 0 aliphatic heterocycles. The van der Waals surface area contributed by atoms with E-state index in [0.29, 0.717) is 12.1 Å². The van der Waals surface area contributed by atoms with Gasteiger partial charge in [0.15, 0.2) is 0 Å². The van der Waals surface area contributed by atoms with Gasteiger partial charge in [0, 0.05) is 13.1 Å². The van der Waals surface area contributed by atoms with Gasteiger partial charge in [-0.15, -0.1) is 0 Å². The summed E-state index contributed by atoms with van der Waals surface area (Å²) in [5.41, 5.74) is 6.19. The Balaban J connectivity index is 2.73. The van der Waals surface area contributed by atoms with Crippen molar-refractivity contribution >= 4 is 11.7 Å². The van der Waals surface area contributed by atoms with Crippen LogP contribution < -0.4 is 16.4 Å². The number of carbonyl (C=O) groups excluding carboxylic acids is 1. The van der Waals surface area contributed by atoms with E-state index in [1.165, 1.54) is 12.1 Å². The van der Waals surface area contributed by atoms with Crippen molar-refractivity contribution in [2.24, 2.45) is 5.73 Å². The Morgan fingerprint density at radius 1 is 1.53 bits per heavy atom. The molecule has 0 heterocycles. The zero-order chi connectivity index (χ0) is 11.3. The SMILES string of the molecule is CCNC(=O)Nc1ccc(CN)cc1F. The van der Waals surface area contributed by atoms with Gasteiger partial charge in [0.1, 0.15) is 5.82 Å². The standard InChI is InChI=1S/C10H14FN3O/c1-2-13-10(15)14-9-4-3-7(6-12)5-8(9)11/h3-5H,2,6,12H2,1H3,(H2,13,14,15). The molecule has 82 valence electrons. The molecule has 0 aromatic heterocycles. The average molecular weight is 211 g/mol. The molecule has 2 amide bonds. The zero-order valence-electron chi connectivity index (χ0n) is 8.51. The van der Waals surface area contributed by atoms with E-state index in [4.69, 9.17) is 5.73 Å². The van der Waals surface area contributed by atoms with Crippen LogP contribution in [0.25, 0.3) is 0 Å². The number of hydrogen-bond donors (Lipinski definition) is 3. The minimum Gasteiger partial charge on any atom is -0.338 e. The van der Waals surface area contributed by atoms with Gasteiger partial charge in [-0.25, -0.2) is 9.18 Å². The Kier molecular flexibility index (Phi) is 4.05. The first-order valence-electron chi connectivity index (χ1n) is 4.70. The fraction of sp³-hybridized carbons (Fsp3) is 0.300. The summed E-state index contributed by atoms with van der Waals surface area (Å²) in [4.78, 5) is 11.1. The number of nitrogens with two attached hydrogens (primary N) is 1. The monoisotopic (exact) mass is 211 g/mol. The van der Waals surface area contributed by atoms with Gasteiger partial charge in [0.05, 0.1) is 5.69 Å². The first kappa shape index (κ1) is 11.5. The van der Waals surface area contributed by atoms with Gasteiger partial charge in [-0.05, 0) is 24.6 Å². The highest BCUT2D eigenvalue weighted by atomic mass is 19.1. The van der Waals surface area contributed by atoms with Gasteiger partial charge in [-0.1, -0.05) is 6.07 Å². The number of carbonyl (C=O) groups is 1. The number of amides is 2. The molecule has 4 nitrogen and oxygen atoms in total. The molecular weight excluding hydrogens is 197 g/mol. The van der Waals surface area contributed by atoms with E-state index < -0.39 is 11.8 Å². The summed E-state index contributed by atoms with van der Waals surface area (Å²) in [7, 11) is 0. The first-order chi connectivity index (χ1) is 7.17. The maximum absolute atomic E-state index is 13.3. The van der Waals surface area contributed by atoms with Crippen LogP contribution in [0.1, 0.15) is 12.5 Å². The third-order valence-electron chi connectivity index (χ3n) is 1.85. The predicted molar refractivity (Wildman–Crippen MR) is 57.0 cm³/mol. The van der Waals surface area contributed by atoms with Crippen LogP contribution in [0.3, 0.4) is 0 Å². The molecule has 1 aromatic carbocycles. The maximum Gasteiger partial charge on any atom is 0.319 e. The Bertz CT molecular complexity index is 355. The molecule has 0 unspecified atom stereocenters. The Morgan fingerprint density at radius 2 is 2.27 bits per heavy atom. The highest BCUT2D eigenvalue weighted by molar-refractivity contribution is 5.89. The number of halogens is 1. The molecule has 0 radical (unpaired) electrons. The lowest BCUT2D eigenvalue weighted by Crippen LogP contribution is -2.28. The number of hydrogen-bond acceptors (Lipinski definition) is 2. The second-order valence-corrected chi connectivity index (χ2v) is 3.00. The van der Waals surface area contributed by atoms with Crippen LogP contribution in [0.4, 0.5) is 14.9 Å². The Labute approximate surface area is 87.7 Å². The lowest BCUT2D eigenvalue weighted by atomic mass is 10.2. The highest BCUT2D eigenvalue weighted by Crippen LogP contribution is 2.15. The molecule has 0 aliphatic carbocycles. The molecular formula is C10H14FN3O. The van der Waals surface area contributed by atoms with Crippen molar-refractivity contribution in [3.63, 3.8) is 0 Å². The van der Waals surface area contributed by atoms with E-state index in [9.17, 15) is 9.18 Å². The quantitative estimate of drug-likeness (QED) is 0.708. The van der Waals surface area contributed by atoms with Gasteiger partial charge < -0.3 is 16.4 Å². The second-order valence-electron chi connectivity index (χ2n) is 3.00. The lowest BCUT2D eigenvalue weighted by molar-refractivity contribution is 0.252. The van der Waals surface area contributed by atoms with Gasteiger partial charge in [-0.2, -0.15) is 0 Å². The molecule has 0 bridgehead atoms. The number of nitrogens with one attached hydrogen (secondary N) is 2. The van der Waals surface area contributed by atoms with Gasteiger partial charge in [0.25, 0.3) is 0 Å². The van der Waals surface area contributed by atoms with Crippen molar-refractivity contribution in [3.8, 4) is 0 Å². The molecule has 0 aliphatic rings. The van der Waals surface area contributed by atoms with E-state index in [1.807, 2.05) is 0 Å². The fourth-order valence-corrected chi connectivity index (χ4v) is 1.11. The predicted octanol–water partition coefficient (Wildman–Crippen LogP) is 1.43. The summed E-state index contributed by atoms with van der Waals surface area (Å²) in [5, 5.41) is 4.90. The number of benzene rings is 1. The molecule has 15 heavy (non-hydrogen) atoms. The summed E-state index contributed by atoms with van der Waals surface area (Å²) in [6, 6.07) is 4.05. The van der Waals surface area contributed by atoms with Crippen molar-refractivity contribution in [2.75, 3.05) is 11.9 Å². The molecule has 0 saturated carbocycles. The molecule has 0 spiro atoms. The largest absolute Gasteiger partial charge is 0.338 e. The average Bonchev–Trinajstić information content (AvgIpc) is 2.21. The zero-order valence-corrected chi connectivity index (χ0v) is 8.51. The first-order valence-corrected chi connectivity index (χ1v) is 4.70. The van der Waals surface area contributed by atoms with Crippen molar-refractivity contribution in [2.45, 2.75) is 13.5 Å². The van der Waals surface area contributed by atoms with Crippen molar-refractivity contribution in [1.29, 1.82) is 0 Å². The summed E-state index contributed by atoms with van der Waals surface area (Å²) < 4.78 is 13.3. The summed E-state index contributed by atoms with van der Waals surface area (Å²) in [6.45, 7) is 2.56. The minimum absolute atomic E-state index is 0.151. The van der Waals surface area contributed by atoms with E-state index in [0.717, 1.165) is 0 Å². The third kappa shape index (κ3) is 3.21. The Morgan fingerprint density at radius 3 is 2.80 bits per heavy atom. The molecule has 0 atom stereocenters. The van der Waals surface area contributed by atoms with Gasteiger partial charge in [0.2, 0.25) is 0 Å². The van der Waals surface area contributed by atoms with E-state index in [1.54, 1.807) is 13.0 Å². The molecule has 1 aromatic rings. The van der Waals surface area contributed by atoms with Crippen molar-refractivity contribution in [1.82, 2.24) is 5.32 Å². The molecule has 0 saturated heterocycles. The summed E-state index contributed by atoms with van der Waals surface area (Å²) in [5.74, 6) is -0.482. The van der Waals surface area contributed by atoms with Crippen LogP contribution in [-0.4, -0.2) is 12.6 Å². The molecule has 4 N–H and O–H groups in total. The van der Waals surface area contributed by atoms with E-state index in [-0.39, 0.29) is 12.2 Å². The normalized spacial score (nSPS) is 9.80. The Hall–Kier alpha value is -1.62. The van der Waals surface area contributed by atoms with E-state index in [2.05, 4.69) is 10.6 Å². The second kappa shape index (κ2) is 5.31. The van der Waals surface area contributed by atoms with Crippen LogP contribution in [-0.2, 0) is 6.54 Å². The fourth-order valence-electron chi connectivity index (χ4n) is 1.11. The lowest BCUT2D eigenvalue weighted by Gasteiger charge is -2.07. The van der Waals surface area contributed by atoms with E-state index >= 15 is 0 Å². The number of anilines is 1. The van der Waals surface area contributed by atoms with Crippen LogP contribution >= 0.6 is 0 Å². The van der Waals surface area contributed by atoms with Gasteiger partial charge in [-0.3, -0.25) is 0 Å². The highest BCUT2D eigenvalue weighted by Gasteiger charge is 2.05. The molecule has 1 rings (SSSR count). The topological polar surface area (TPSA) is 67.2 Å². The van der Waals surface area contributed by atoms with Gasteiger partial charge >= 0.3 is 6.03 Å². The molecule has 5 heteroatoms. The van der Waals surface area contributed by atoms with Crippen LogP contribution in [0, 0.1) is 5.82 Å². The van der Waals surface area contributed by atoms with Crippen LogP contribution in [0.5, 0.6) is 0 Å². The molecule has 0 fully saturated rings. The number of rotatable bonds is 3. The summed E-state index contributed by atoms with van der Waals surface area (Å²) >= 11 is 0. The van der Waals surface area contributed by atoms with Crippen molar-refractivity contribution in [3.05, 3.63) is 29.6 Å². The number of urea groups is 1. The maximum atomic E-state index is 13.3. The third-order valence-corrected chi connectivity index (χ3v) is 1.85. The van der Waals surface area contributed by atoms with Crippen LogP contribution in [0.2, 0.25) is 0 Å². The van der Waals surface area contributed by atoms with Crippen LogP contribution in [0.15, 0.2) is 18.2 Å². The minimum atomic E-state index is -0.482. The smallest absolute Gasteiger partial charge is 0.319 e. The summed E-state index contributed by atoms with van der Waals surface area (Å²) in [6.07, 6.45) is 0. The van der Waals surface area contributed by atoms with Crippen molar-refractivity contribution < 1.29 is 9.18 Å².